The van der Waals surface area contributed by atoms with Crippen molar-refractivity contribution in [1.29, 1.82) is 0 Å². The van der Waals surface area contributed by atoms with Gasteiger partial charge >= 0.3 is 12.3 Å². The Kier molecular flexibility index (Phi) is 14.3. The first-order valence-corrected chi connectivity index (χ1v) is 6.19. The van der Waals surface area contributed by atoms with E-state index in [1.807, 2.05) is 0 Å². The van der Waals surface area contributed by atoms with E-state index in [0.29, 0.717) is 0 Å². The first kappa shape index (κ1) is 18.9. The normalized spacial score (nSPS) is 10.8. The lowest BCUT2D eigenvalue weighted by molar-refractivity contribution is 0.0122. The lowest BCUT2D eigenvalue weighted by Crippen LogP contribution is -2.20. The van der Waals surface area contributed by atoms with Crippen molar-refractivity contribution in [2.24, 2.45) is 0 Å². The Hall–Kier alpha value is -1.46. The summed E-state index contributed by atoms with van der Waals surface area (Å²) in [6, 6.07) is 0. The maximum atomic E-state index is 9.83. The number of carboxylic acid groups (broad SMARTS) is 2. The van der Waals surface area contributed by atoms with Crippen LogP contribution < -0.4 is 0 Å². The predicted molar refractivity (Wildman–Crippen MR) is 67.0 cm³/mol. The summed E-state index contributed by atoms with van der Waals surface area (Å²) in [7, 11) is 0. The summed E-state index contributed by atoms with van der Waals surface area (Å²) in [4.78, 5) is 19.6. The Morgan fingerprint density at radius 3 is 1.83 bits per heavy atom. The number of hydrogen-bond acceptors (Lipinski definition) is 4. The summed E-state index contributed by atoms with van der Waals surface area (Å²) in [6.45, 7) is 5.59. The summed E-state index contributed by atoms with van der Waals surface area (Å²) in [6.07, 6.45) is 3.33. The molecule has 2 N–H and O–H groups in total. The Morgan fingerprint density at radius 2 is 1.50 bits per heavy atom. The van der Waals surface area contributed by atoms with Crippen molar-refractivity contribution in [2.45, 2.75) is 59.0 Å². The molecule has 0 radical (unpaired) electrons. The smallest absolute Gasteiger partial charge is 0.450 e. The molecule has 108 valence electrons. The SMILES string of the molecule is CC(COC(=O)O)OC(=O)O.CCCCCCC. The third kappa shape index (κ3) is 20.0. The topological polar surface area (TPSA) is 93.1 Å². The highest BCUT2D eigenvalue weighted by Gasteiger charge is 2.09. The van der Waals surface area contributed by atoms with E-state index in [2.05, 4.69) is 23.3 Å². The molecule has 18 heavy (non-hydrogen) atoms. The zero-order chi connectivity index (χ0) is 14.4. The molecule has 0 amide bonds. The van der Waals surface area contributed by atoms with Gasteiger partial charge in [-0.1, -0.05) is 46.0 Å². The maximum absolute atomic E-state index is 9.83. The van der Waals surface area contributed by atoms with Gasteiger partial charge in [-0.3, -0.25) is 0 Å². The molecule has 0 aliphatic carbocycles. The fourth-order valence-corrected chi connectivity index (χ4v) is 1.07. The highest BCUT2D eigenvalue weighted by molar-refractivity contribution is 5.58. The Morgan fingerprint density at radius 1 is 1.00 bits per heavy atom. The van der Waals surface area contributed by atoms with Crippen LogP contribution in [0.4, 0.5) is 9.59 Å². The zero-order valence-corrected chi connectivity index (χ0v) is 11.3. The van der Waals surface area contributed by atoms with Crippen LogP contribution in [0.2, 0.25) is 0 Å². The standard InChI is InChI=1S/C7H16.C5H8O6/c1-3-5-7-6-4-2;1-3(11-5(8)9)2-10-4(6)7/h3-7H2,1-2H3;3H,2H2,1H3,(H,6,7)(H,8,9). The molecular weight excluding hydrogens is 240 g/mol. The molecule has 0 heterocycles. The average Bonchev–Trinajstić information content (AvgIpc) is 2.27. The second kappa shape index (κ2) is 13.6. The van der Waals surface area contributed by atoms with Gasteiger partial charge in [-0.25, -0.2) is 9.59 Å². The molecule has 0 spiro atoms. The third-order valence-corrected chi connectivity index (χ3v) is 1.95. The summed E-state index contributed by atoms with van der Waals surface area (Å²) in [5, 5.41) is 16.0. The number of carbonyl (C=O) groups is 2. The molecule has 0 saturated heterocycles. The molecule has 0 bridgehead atoms. The average molecular weight is 264 g/mol. The highest BCUT2D eigenvalue weighted by atomic mass is 16.7. The molecule has 0 rings (SSSR count). The Bertz CT molecular complexity index is 213. The van der Waals surface area contributed by atoms with Crippen molar-refractivity contribution in [1.82, 2.24) is 0 Å². The fraction of sp³-hybridized carbons (Fsp3) is 0.833. The van der Waals surface area contributed by atoms with Gasteiger partial charge in [-0.05, 0) is 6.92 Å². The van der Waals surface area contributed by atoms with Gasteiger partial charge in [0.25, 0.3) is 0 Å². The minimum Gasteiger partial charge on any atom is -0.450 e. The van der Waals surface area contributed by atoms with Crippen LogP contribution in [0.5, 0.6) is 0 Å². The van der Waals surface area contributed by atoms with Gasteiger partial charge in [0, 0.05) is 0 Å². The van der Waals surface area contributed by atoms with Crippen molar-refractivity contribution in [2.75, 3.05) is 6.61 Å². The van der Waals surface area contributed by atoms with Gasteiger partial charge < -0.3 is 19.7 Å². The lowest BCUT2D eigenvalue weighted by atomic mass is 10.2. The van der Waals surface area contributed by atoms with E-state index in [1.54, 1.807) is 0 Å². The Balaban J connectivity index is 0. The number of ether oxygens (including phenoxy) is 2. The summed E-state index contributed by atoms with van der Waals surface area (Å²) >= 11 is 0. The second-order valence-corrected chi connectivity index (χ2v) is 3.83. The van der Waals surface area contributed by atoms with Crippen LogP contribution >= 0.6 is 0 Å². The number of unbranched alkanes of at least 4 members (excludes halogenated alkanes) is 4. The maximum Gasteiger partial charge on any atom is 0.506 e. The number of hydrogen-bond donors (Lipinski definition) is 2. The monoisotopic (exact) mass is 264 g/mol. The minimum absolute atomic E-state index is 0.290. The van der Waals surface area contributed by atoms with E-state index >= 15 is 0 Å². The molecule has 6 nitrogen and oxygen atoms in total. The third-order valence-electron chi connectivity index (χ3n) is 1.95. The van der Waals surface area contributed by atoms with Crippen molar-refractivity contribution in [3.63, 3.8) is 0 Å². The first-order chi connectivity index (χ1) is 8.43. The van der Waals surface area contributed by atoms with Crippen molar-refractivity contribution in [3.05, 3.63) is 0 Å². The highest BCUT2D eigenvalue weighted by Crippen LogP contribution is 2.00. The second-order valence-electron chi connectivity index (χ2n) is 3.83. The minimum atomic E-state index is -1.45. The van der Waals surface area contributed by atoms with Crippen LogP contribution in [0, 0.1) is 0 Å². The van der Waals surface area contributed by atoms with Crippen molar-refractivity contribution >= 4 is 12.3 Å². The van der Waals surface area contributed by atoms with Crippen LogP contribution in [0.3, 0.4) is 0 Å². The molecule has 0 aliphatic rings. The van der Waals surface area contributed by atoms with Crippen LogP contribution in [-0.2, 0) is 9.47 Å². The zero-order valence-electron chi connectivity index (χ0n) is 11.3. The molecule has 0 aromatic heterocycles. The van der Waals surface area contributed by atoms with E-state index < -0.39 is 18.4 Å². The molecule has 0 aromatic carbocycles. The summed E-state index contributed by atoms with van der Waals surface area (Å²) in [5.74, 6) is 0. The molecule has 1 unspecified atom stereocenters. The van der Waals surface area contributed by atoms with Gasteiger partial charge in [0.2, 0.25) is 0 Å². The molecule has 6 heteroatoms. The molecule has 0 saturated carbocycles. The molecule has 1 atom stereocenters. The lowest BCUT2D eigenvalue weighted by Gasteiger charge is -2.08. The molecule has 0 aliphatic heterocycles. The van der Waals surface area contributed by atoms with Crippen LogP contribution in [0.1, 0.15) is 52.9 Å². The van der Waals surface area contributed by atoms with Gasteiger partial charge in [0.05, 0.1) is 0 Å². The van der Waals surface area contributed by atoms with E-state index in [4.69, 9.17) is 10.2 Å². The van der Waals surface area contributed by atoms with Crippen LogP contribution in [-0.4, -0.2) is 35.2 Å². The summed E-state index contributed by atoms with van der Waals surface area (Å²) in [5.41, 5.74) is 0. The predicted octanol–water partition coefficient (Wildman–Crippen LogP) is 3.74. The fourth-order valence-electron chi connectivity index (χ4n) is 1.07. The van der Waals surface area contributed by atoms with E-state index in [0.717, 1.165) is 0 Å². The van der Waals surface area contributed by atoms with Crippen LogP contribution in [0.25, 0.3) is 0 Å². The number of rotatable bonds is 7. The van der Waals surface area contributed by atoms with E-state index in [-0.39, 0.29) is 6.61 Å². The van der Waals surface area contributed by atoms with Crippen molar-refractivity contribution in [3.8, 4) is 0 Å². The van der Waals surface area contributed by atoms with Crippen molar-refractivity contribution < 1.29 is 29.3 Å². The molecular formula is C12H24O6. The largest absolute Gasteiger partial charge is 0.506 e. The summed E-state index contributed by atoms with van der Waals surface area (Å²) < 4.78 is 8.16. The molecule has 0 fully saturated rings. The van der Waals surface area contributed by atoms with Gasteiger partial charge in [0.1, 0.15) is 12.7 Å². The Labute approximate surface area is 108 Å². The van der Waals surface area contributed by atoms with E-state index in [9.17, 15) is 9.59 Å². The van der Waals surface area contributed by atoms with Gasteiger partial charge in [-0.15, -0.1) is 0 Å². The molecule has 0 aromatic rings. The van der Waals surface area contributed by atoms with Crippen LogP contribution in [0.15, 0.2) is 0 Å². The van der Waals surface area contributed by atoms with E-state index in [1.165, 1.54) is 39.0 Å². The first-order valence-electron chi connectivity index (χ1n) is 6.19. The van der Waals surface area contributed by atoms with Gasteiger partial charge in [-0.2, -0.15) is 0 Å². The quantitative estimate of drug-likeness (QED) is 0.537. The van der Waals surface area contributed by atoms with Gasteiger partial charge in [0.15, 0.2) is 0 Å².